The van der Waals surface area contributed by atoms with E-state index in [2.05, 4.69) is 26.7 Å². The number of carbonyl (C=O) groups excluding carboxylic acids is 1. The Labute approximate surface area is 116 Å². The van der Waals surface area contributed by atoms with E-state index in [0.717, 1.165) is 12.2 Å². The summed E-state index contributed by atoms with van der Waals surface area (Å²) < 4.78 is 4.77. The van der Waals surface area contributed by atoms with Crippen LogP contribution in [0.5, 0.6) is 0 Å². The van der Waals surface area contributed by atoms with Crippen molar-refractivity contribution in [3.05, 3.63) is 52.0 Å². The predicted molar refractivity (Wildman–Crippen MR) is 75.1 cm³/mol. The minimum absolute atomic E-state index is 0.341. The fraction of sp³-hybridized carbons (Fsp3) is 0.286. The van der Waals surface area contributed by atoms with Crippen molar-refractivity contribution < 1.29 is 9.53 Å². The Morgan fingerprint density at radius 1 is 1.42 bits per heavy atom. The second-order valence-electron chi connectivity index (χ2n) is 4.29. The summed E-state index contributed by atoms with van der Waals surface area (Å²) in [4.78, 5) is 18.1. The lowest BCUT2D eigenvalue weighted by Crippen LogP contribution is -2.20. The molecule has 0 radical (unpaired) electrons. The van der Waals surface area contributed by atoms with Gasteiger partial charge in [-0.05, 0) is 41.6 Å². The lowest BCUT2D eigenvalue weighted by molar-refractivity contribution is 0.0597. The van der Waals surface area contributed by atoms with Gasteiger partial charge in [-0.2, -0.15) is 11.3 Å². The van der Waals surface area contributed by atoms with Crippen LogP contribution in [0.3, 0.4) is 0 Å². The molecule has 0 aliphatic heterocycles. The quantitative estimate of drug-likeness (QED) is 0.787. The zero-order chi connectivity index (χ0) is 13.7. The lowest BCUT2D eigenvalue weighted by Gasteiger charge is -2.16. The number of hydrogen-bond donors (Lipinski definition) is 0. The molecule has 0 aliphatic carbocycles. The highest BCUT2D eigenvalue weighted by Crippen LogP contribution is 2.13. The summed E-state index contributed by atoms with van der Waals surface area (Å²) in [6, 6.07) is 5.59. The fourth-order valence-corrected chi connectivity index (χ4v) is 2.53. The van der Waals surface area contributed by atoms with E-state index < -0.39 is 0 Å². The number of aromatic nitrogens is 1. The summed E-state index contributed by atoms with van der Waals surface area (Å²) in [5, 5.41) is 4.18. The Morgan fingerprint density at radius 2 is 2.26 bits per heavy atom. The van der Waals surface area contributed by atoms with Crippen LogP contribution in [0.1, 0.15) is 21.6 Å². The van der Waals surface area contributed by atoms with Gasteiger partial charge in [0.25, 0.3) is 0 Å². The summed E-state index contributed by atoms with van der Waals surface area (Å²) in [6.07, 6.45) is 1.69. The van der Waals surface area contributed by atoms with Gasteiger partial charge in [-0.25, -0.2) is 4.79 Å². The fourth-order valence-electron chi connectivity index (χ4n) is 1.87. The molecule has 2 aromatic rings. The number of hydrogen-bond acceptors (Lipinski definition) is 5. The van der Waals surface area contributed by atoms with Crippen molar-refractivity contribution in [1.29, 1.82) is 0 Å². The summed E-state index contributed by atoms with van der Waals surface area (Å²) in [7, 11) is 3.39. The summed E-state index contributed by atoms with van der Waals surface area (Å²) in [6.45, 7) is 1.45. The van der Waals surface area contributed by atoms with Gasteiger partial charge in [0.1, 0.15) is 0 Å². The molecule has 0 bridgehead atoms. The monoisotopic (exact) mass is 276 g/mol. The van der Waals surface area contributed by atoms with Gasteiger partial charge in [0.15, 0.2) is 0 Å². The number of nitrogens with zero attached hydrogens (tertiary/aromatic N) is 2. The number of carbonyl (C=O) groups is 1. The molecule has 0 saturated carbocycles. The maximum Gasteiger partial charge on any atom is 0.339 e. The first-order valence-corrected chi connectivity index (χ1v) is 6.87. The highest BCUT2D eigenvalue weighted by atomic mass is 32.1. The molecule has 2 heterocycles. The first kappa shape index (κ1) is 13.7. The van der Waals surface area contributed by atoms with Gasteiger partial charge in [0.05, 0.1) is 18.4 Å². The van der Waals surface area contributed by atoms with Crippen molar-refractivity contribution >= 4 is 17.3 Å². The van der Waals surface area contributed by atoms with Gasteiger partial charge < -0.3 is 4.74 Å². The maximum absolute atomic E-state index is 11.7. The minimum Gasteiger partial charge on any atom is -0.465 e. The van der Waals surface area contributed by atoms with Crippen LogP contribution >= 0.6 is 11.3 Å². The molecule has 0 spiro atoms. The molecule has 19 heavy (non-hydrogen) atoms. The SMILES string of the molecule is COC(=O)c1cccnc1CN(C)Cc1ccsc1. The third-order valence-corrected chi connectivity index (χ3v) is 3.48. The van der Waals surface area contributed by atoms with Gasteiger partial charge in [-0.3, -0.25) is 9.88 Å². The molecule has 2 rings (SSSR count). The molecule has 0 fully saturated rings. The van der Waals surface area contributed by atoms with E-state index in [1.807, 2.05) is 7.05 Å². The van der Waals surface area contributed by atoms with Crippen molar-refractivity contribution in [2.24, 2.45) is 0 Å². The highest BCUT2D eigenvalue weighted by molar-refractivity contribution is 7.07. The Hall–Kier alpha value is -1.72. The van der Waals surface area contributed by atoms with Crippen LogP contribution in [0.2, 0.25) is 0 Å². The van der Waals surface area contributed by atoms with Crippen molar-refractivity contribution in [3.8, 4) is 0 Å². The van der Waals surface area contributed by atoms with E-state index in [1.54, 1.807) is 29.7 Å². The molecule has 2 aromatic heterocycles. The van der Waals surface area contributed by atoms with Crippen molar-refractivity contribution in [2.75, 3.05) is 14.2 Å². The summed E-state index contributed by atoms with van der Waals surface area (Å²) >= 11 is 1.68. The number of pyridine rings is 1. The first-order valence-electron chi connectivity index (χ1n) is 5.92. The summed E-state index contributed by atoms with van der Waals surface area (Å²) in [5.41, 5.74) is 2.54. The molecule has 0 aliphatic rings. The van der Waals surface area contributed by atoms with Crippen LogP contribution in [0.15, 0.2) is 35.2 Å². The number of thiophene rings is 1. The van der Waals surface area contributed by atoms with Crippen molar-refractivity contribution in [3.63, 3.8) is 0 Å². The minimum atomic E-state index is -0.341. The zero-order valence-electron chi connectivity index (χ0n) is 11.0. The molecule has 5 heteroatoms. The predicted octanol–water partition coefficient (Wildman–Crippen LogP) is 2.56. The molecule has 0 atom stereocenters. The van der Waals surface area contributed by atoms with Crippen LogP contribution in [0, 0.1) is 0 Å². The normalized spacial score (nSPS) is 10.7. The Kier molecular flexibility index (Phi) is 4.65. The van der Waals surface area contributed by atoms with Crippen LogP contribution < -0.4 is 0 Å². The van der Waals surface area contributed by atoms with Gasteiger partial charge in [-0.15, -0.1) is 0 Å². The standard InChI is InChI=1S/C14H16N2O2S/c1-16(8-11-5-7-19-10-11)9-13-12(14(17)18-2)4-3-6-15-13/h3-7,10H,8-9H2,1-2H3. The Bertz CT molecular complexity index is 540. The Balaban J connectivity index is 2.08. The molecule has 0 aromatic carbocycles. The number of esters is 1. The summed E-state index contributed by atoms with van der Waals surface area (Å²) in [5.74, 6) is -0.341. The molecule has 0 amide bonds. The molecule has 0 N–H and O–H groups in total. The van der Waals surface area contributed by atoms with Crippen LogP contribution in [-0.2, 0) is 17.8 Å². The topological polar surface area (TPSA) is 42.4 Å². The first-order chi connectivity index (χ1) is 9.20. The second kappa shape index (κ2) is 6.45. The zero-order valence-corrected chi connectivity index (χ0v) is 11.8. The van der Waals surface area contributed by atoms with Gasteiger partial charge >= 0.3 is 5.97 Å². The maximum atomic E-state index is 11.7. The molecule has 0 unspecified atom stereocenters. The molecular formula is C14H16N2O2S. The largest absolute Gasteiger partial charge is 0.465 e. The van der Waals surface area contributed by atoms with Crippen LogP contribution in [0.4, 0.5) is 0 Å². The number of rotatable bonds is 5. The van der Waals surface area contributed by atoms with Crippen LogP contribution in [-0.4, -0.2) is 30.0 Å². The smallest absolute Gasteiger partial charge is 0.339 e. The highest BCUT2D eigenvalue weighted by Gasteiger charge is 2.14. The molecule has 0 saturated heterocycles. The van der Waals surface area contributed by atoms with E-state index in [1.165, 1.54) is 12.7 Å². The van der Waals surface area contributed by atoms with E-state index in [0.29, 0.717) is 12.1 Å². The molecule has 4 nitrogen and oxygen atoms in total. The second-order valence-corrected chi connectivity index (χ2v) is 5.07. The third-order valence-electron chi connectivity index (χ3n) is 2.75. The van der Waals surface area contributed by atoms with E-state index in [9.17, 15) is 4.79 Å². The van der Waals surface area contributed by atoms with Gasteiger partial charge in [0, 0.05) is 19.3 Å². The van der Waals surface area contributed by atoms with Gasteiger partial charge in [0.2, 0.25) is 0 Å². The number of ether oxygens (including phenoxy) is 1. The number of methoxy groups -OCH3 is 1. The molecule has 100 valence electrons. The van der Waals surface area contributed by atoms with E-state index in [4.69, 9.17) is 4.74 Å². The van der Waals surface area contributed by atoms with Crippen molar-refractivity contribution in [2.45, 2.75) is 13.1 Å². The van der Waals surface area contributed by atoms with Crippen molar-refractivity contribution in [1.82, 2.24) is 9.88 Å². The molecular weight excluding hydrogens is 260 g/mol. The van der Waals surface area contributed by atoms with E-state index >= 15 is 0 Å². The lowest BCUT2D eigenvalue weighted by atomic mass is 10.2. The van der Waals surface area contributed by atoms with E-state index in [-0.39, 0.29) is 5.97 Å². The average Bonchev–Trinajstić information content (AvgIpc) is 2.91. The average molecular weight is 276 g/mol. The third kappa shape index (κ3) is 3.62. The van der Waals surface area contributed by atoms with Gasteiger partial charge in [-0.1, -0.05) is 0 Å². The van der Waals surface area contributed by atoms with Crippen LogP contribution in [0.25, 0.3) is 0 Å². The Morgan fingerprint density at radius 3 is 2.95 bits per heavy atom.